The number of unbranched alkanes of at least 4 members (excludes halogenated alkanes) is 12. The quantitative estimate of drug-likeness (QED) is 0.0613. The first-order valence-electron chi connectivity index (χ1n) is 25.1. The summed E-state index contributed by atoms with van der Waals surface area (Å²) < 4.78 is 12.6. The Balaban J connectivity index is 1.04. The van der Waals surface area contributed by atoms with Crippen molar-refractivity contribution < 1.29 is 24.2 Å². The van der Waals surface area contributed by atoms with E-state index in [0.717, 1.165) is 44.1 Å². The topological polar surface area (TPSA) is 72.8 Å². The highest BCUT2D eigenvalue weighted by atomic mass is 16.5. The molecule has 0 bridgehead atoms. The zero-order valence-corrected chi connectivity index (χ0v) is 39.4. The molecule has 5 aliphatic rings. The number of phenolic OH excluding ortho intramolecular Hbond substituents is 1. The first-order valence-corrected chi connectivity index (χ1v) is 25.1. The lowest BCUT2D eigenvalue weighted by atomic mass is 9.32. The zero-order valence-electron chi connectivity index (χ0n) is 39.4. The SMILES string of the molecule is C=C(C)[C@@H]1CC[C@]2(COC(=O)CCCCCCCCCCCCCCC)CC[C@]3(C)[C@H](CC[C@@H]4[C@@]5(C)CC[C@H](OC(=O)C=Cc6ccc(O)cc6)C(C)(C)[C@@H]5CC[C@]43C)[C@@H]12. The number of hydrogen-bond acceptors (Lipinski definition) is 5. The lowest BCUT2D eigenvalue weighted by Gasteiger charge is -2.73. The number of carbonyl (C=O) groups excluding carboxylic acids is 2. The van der Waals surface area contributed by atoms with E-state index >= 15 is 0 Å². The van der Waals surface area contributed by atoms with Gasteiger partial charge in [0.1, 0.15) is 11.9 Å². The second kappa shape index (κ2) is 19.9. The second-order valence-electron chi connectivity index (χ2n) is 22.4. The predicted molar refractivity (Wildman–Crippen MR) is 247 cm³/mol. The van der Waals surface area contributed by atoms with Crippen molar-refractivity contribution in [1.29, 1.82) is 0 Å². The molecule has 0 saturated heterocycles. The molecule has 5 fully saturated rings. The highest BCUT2D eigenvalue weighted by Crippen LogP contribution is 2.77. The highest BCUT2D eigenvalue weighted by molar-refractivity contribution is 5.87. The Morgan fingerprint density at radius 1 is 0.733 bits per heavy atom. The molecule has 0 radical (unpaired) electrons. The summed E-state index contributed by atoms with van der Waals surface area (Å²) in [5.74, 6) is 2.73. The first-order chi connectivity index (χ1) is 28.6. The number of fused-ring (bicyclic) bond motifs is 7. The fourth-order valence-corrected chi connectivity index (χ4v) is 15.2. The fraction of sp³-hybridized carbons (Fsp3) is 0.782. The van der Waals surface area contributed by atoms with Crippen LogP contribution in [0.2, 0.25) is 0 Å². The Labute approximate surface area is 366 Å². The smallest absolute Gasteiger partial charge is 0.331 e. The Kier molecular flexibility index (Phi) is 15.5. The Hall–Kier alpha value is -2.56. The Morgan fingerprint density at radius 3 is 2.00 bits per heavy atom. The average Bonchev–Trinajstić information content (AvgIpc) is 3.60. The fourth-order valence-electron chi connectivity index (χ4n) is 15.2. The number of phenols is 1. The lowest BCUT2D eigenvalue weighted by Crippen LogP contribution is -2.67. The van der Waals surface area contributed by atoms with Crippen molar-refractivity contribution in [3.8, 4) is 5.75 Å². The van der Waals surface area contributed by atoms with E-state index in [1.807, 2.05) is 0 Å². The van der Waals surface area contributed by atoms with Gasteiger partial charge >= 0.3 is 11.9 Å². The number of carbonyl (C=O) groups is 2. The third-order valence-electron chi connectivity index (χ3n) is 18.7. The van der Waals surface area contributed by atoms with Gasteiger partial charge in [0.15, 0.2) is 0 Å². The molecule has 1 aromatic carbocycles. The molecule has 5 aliphatic carbocycles. The molecule has 0 unspecified atom stereocenters. The number of aromatic hydroxyl groups is 1. The minimum atomic E-state index is -0.280. The van der Waals surface area contributed by atoms with E-state index < -0.39 is 0 Å². The highest BCUT2D eigenvalue weighted by Gasteiger charge is 2.71. The van der Waals surface area contributed by atoms with Gasteiger partial charge in [0.05, 0.1) is 6.61 Å². The molecule has 1 aromatic rings. The Bertz CT molecular complexity index is 1620. The van der Waals surface area contributed by atoms with Gasteiger partial charge in [-0.15, -0.1) is 0 Å². The zero-order chi connectivity index (χ0) is 43.2. The van der Waals surface area contributed by atoms with E-state index in [4.69, 9.17) is 9.47 Å². The summed E-state index contributed by atoms with van der Waals surface area (Å²) in [6.07, 6.45) is 32.5. The molecule has 0 spiro atoms. The maximum absolute atomic E-state index is 13.3. The number of ether oxygens (including phenoxy) is 2. The molecule has 60 heavy (non-hydrogen) atoms. The Morgan fingerprint density at radius 2 is 1.37 bits per heavy atom. The van der Waals surface area contributed by atoms with Crippen molar-refractivity contribution in [3.63, 3.8) is 0 Å². The van der Waals surface area contributed by atoms with Crippen molar-refractivity contribution >= 4 is 18.0 Å². The summed E-state index contributed by atoms with van der Waals surface area (Å²) in [5, 5.41) is 9.63. The van der Waals surface area contributed by atoms with Crippen molar-refractivity contribution in [2.45, 2.75) is 209 Å². The molecule has 0 heterocycles. The van der Waals surface area contributed by atoms with Crippen LogP contribution < -0.4 is 0 Å². The van der Waals surface area contributed by atoms with Gasteiger partial charge in [0.25, 0.3) is 0 Å². The van der Waals surface area contributed by atoms with Gasteiger partial charge in [-0.1, -0.05) is 143 Å². The van der Waals surface area contributed by atoms with E-state index in [9.17, 15) is 14.7 Å². The average molecular weight is 827 g/mol. The molecule has 336 valence electrons. The van der Waals surface area contributed by atoms with Crippen LogP contribution in [0, 0.1) is 56.7 Å². The van der Waals surface area contributed by atoms with E-state index in [1.165, 1.54) is 115 Å². The third-order valence-corrected chi connectivity index (χ3v) is 18.7. The van der Waals surface area contributed by atoms with Crippen LogP contribution in [0.1, 0.15) is 208 Å². The van der Waals surface area contributed by atoms with E-state index in [0.29, 0.717) is 42.6 Å². The normalized spacial score (nSPS) is 35.5. The van der Waals surface area contributed by atoms with Crippen molar-refractivity contribution in [2.24, 2.45) is 56.7 Å². The summed E-state index contributed by atoms with van der Waals surface area (Å²) >= 11 is 0. The van der Waals surface area contributed by atoms with Gasteiger partial charge in [0.2, 0.25) is 0 Å². The summed E-state index contributed by atoms with van der Waals surface area (Å²) in [6.45, 7) is 22.5. The third kappa shape index (κ3) is 9.66. The molecule has 5 heteroatoms. The monoisotopic (exact) mass is 827 g/mol. The minimum absolute atomic E-state index is 0.0254. The molecule has 6 rings (SSSR count). The molecule has 10 atom stereocenters. The van der Waals surface area contributed by atoms with Crippen LogP contribution in [0.3, 0.4) is 0 Å². The number of allylic oxidation sites excluding steroid dienone is 1. The van der Waals surface area contributed by atoms with Gasteiger partial charge < -0.3 is 14.6 Å². The van der Waals surface area contributed by atoms with Crippen molar-refractivity contribution in [2.75, 3.05) is 6.61 Å². The number of hydrogen-bond donors (Lipinski definition) is 1. The molecular formula is C55H86O5. The molecule has 1 N–H and O–H groups in total. The van der Waals surface area contributed by atoms with Crippen LogP contribution in [-0.2, 0) is 19.1 Å². The van der Waals surface area contributed by atoms with Gasteiger partial charge in [-0.3, -0.25) is 4.79 Å². The maximum atomic E-state index is 13.3. The van der Waals surface area contributed by atoms with Crippen LogP contribution >= 0.6 is 0 Å². The number of rotatable bonds is 20. The summed E-state index contributed by atoms with van der Waals surface area (Å²) in [6, 6.07) is 6.88. The van der Waals surface area contributed by atoms with E-state index in [2.05, 4.69) is 55.0 Å². The molecule has 0 aromatic heterocycles. The van der Waals surface area contributed by atoms with Gasteiger partial charge in [-0.05, 0) is 147 Å². The molecule has 0 amide bonds. The molecule has 0 aliphatic heterocycles. The van der Waals surface area contributed by atoms with Crippen LogP contribution in [-0.4, -0.2) is 29.8 Å². The lowest BCUT2D eigenvalue weighted by molar-refractivity contribution is -0.251. The molecule has 5 saturated carbocycles. The van der Waals surface area contributed by atoms with Crippen LogP contribution in [0.4, 0.5) is 0 Å². The largest absolute Gasteiger partial charge is 0.508 e. The summed E-state index contributed by atoms with van der Waals surface area (Å²) in [7, 11) is 0. The summed E-state index contributed by atoms with van der Waals surface area (Å²) in [4.78, 5) is 26.5. The molecule has 5 nitrogen and oxygen atoms in total. The molecular weight excluding hydrogens is 741 g/mol. The summed E-state index contributed by atoms with van der Waals surface area (Å²) in [5.41, 5.74) is 2.79. The van der Waals surface area contributed by atoms with Crippen molar-refractivity contribution in [3.05, 3.63) is 48.1 Å². The van der Waals surface area contributed by atoms with Crippen LogP contribution in [0.5, 0.6) is 5.75 Å². The second-order valence-corrected chi connectivity index (χ2v) is 22.4. The van der Waals surface area contributed by atoms with E-state index in [1.54, 1.807) is 36.4 Å². The van der Waals surface area contributed by atoms with Crippen LogP contribution in [0.25, 0.3) is 6.08 Å². The van der Waals surface area contributed by atoms with Gasteiger partial charge in [-0.25, -0.2) is 4.79 Å². The first kappa shape index (κ1) is 46.9. The standard InChI is InChI=1S/C55H86O5/c1-9-10-11-12-13-14-15-16-17-18-19-20-21-22-48(57)59-39-55-36-31-43(40(2)3)50(55)44-28-29-46-52(6)34-33-47(60-49(58)30-25-41-23-26-42(56)27-24-41)51(4,5)45(52)32-35-54(46,8)53(44,7)37-38-55/h23-27,30,43-47,50,56H,2,9-22,28-29,31-39H2,1,3-8H3/t43-,44+,45-,46+,47-,50+,52-,53+,54+,55+/m0/s1. The number of benzene rings is 1. The van der Waals surface area contributed by atoms with E-state index in [-0.39, 0.29) is 50.9 Å². The maximum Gasteiger partial charge on any atom is 0.331 e. The number of esters is 2. The minimum Gasteiger partial charge on any atom is -0.508 e. The predicted octanol–water partition coefficient (Wildman–Crippen LogP) is 15.0. The van der Waals surface area contributed by atoms with Crippen molar-refractivity contribution in [1.82, 2.24) is 0 Å². The van der Waals surface area contributed by atoms with Gasteiger partial charge in [0, 0.05) is 23.3 Å². The van der Waals surface area contributed by atoms with Crippen LogP contribution in [0.15, 0.2) is 42.5 Å². The van der Waals surface area contributed by atoms with Gasteiger partial charge in [-0.2, -0.15) is 0 Å².